The minimum Gasteiger partial charge on any atom is -0.378 e. The summed E-state index contributed by atoms with van der Waals surface area (Å²) in [4.78, 5) is 21.9. The van der Waals surface area contributed by atoms with Crippen molar-refractivity contribution in [3.05, 3.63) is 138 Å². The number of morpholine rings is 2. The Morgan fingerprint density at radius 2 is 1.08 bits per heavy atom. The fourth-order valence-electron chi connectivity index (χ4n) is 5.49. The molecule has 0 amide bonds. The van der Waals surface area contributed by atoms with Crippen LogP contribution in [0, 0.1) is 0 Å². The second-order valence-electron chi connectivity index (χ2n) is 11.4. The summed E-state index contributed by atoms with van der Waals surface area (Å²) in [6.07, 6.45) is 3.39. The number of benzene rings is 2. The van der Waals surface area contributed by atoms with Crippen LogP contribution in [-0.4, -0.2) is 72.5 Å². The third-order valence-electron chi connectivity index (χ3n) is 8.17. The largest absolute Gasteiger partial charge is 0.378 e. The molecule has 2 aliphatic heterocycles. The van der Waals surface area contributed by atoms with E-state index in [9.17, 15) is 0 Å². The molecule has 244 valence electrons. The number of ether oxygens (including phenoxy) is 2. The van der Waals surface area contributed by atoms with Gasteiger partial charge in [-0.15, -0.1) is 0 Å². The fourth-order valence-corrected chi connectivity index (χ4v) is 5.69. The lowest BCUT2D eigenvalue weighted by Gasteiger charge is -2.28. The average molecular weight is 660 g/mol. The van der Waals surface area contributed by atoms with Gasteiger partial charge in [-0.05, 0) is 57.7 Å². The van der Waals surface area contributed by atoms with Crippen molar-refractivity contribution in [2.75, 3.05) is 68.1 Å². The van der Waals surface area contributed by atoms with Crippen molar-refractivity contribution in [2.24, 2.45) is 0 Å². The molecule has 10 heteroatoms. The van der Waals surface area contributed by atoms with E-state index in [1.165, 1.54) is 0 Å². The van der Waals surface area contributed by atoms with Crippen LogP contribution in [-0.2, 0) is 9.47 Å². The summed E-state index contributed by atoms with van der Waals surface area (Å²) in [5.74, 6) is 2.04. The molecule has 7 rings (SSSR count). The Balaban J connectivity index is 0.000000173. The minimum atomic E-state index is 0.247. The summed E-state index contributed by atoms with van der Waals surface area (Å²) in [7, 11) is 0. The van der Waals surface area contributed by atoms with Gasteiger partial charge in [0.05, 0.1) is 32.1 Å². The molecule has 0 saturated carbocycles. The van der Waals surface area contributed by atoms with Gasteiger partial charge in [-0.1, -0.05) is 85.4 Å². The number of hydrogen-bond acceptors (Lipinski definition) is 9. The Hall–Kier alpha value is -5.09. The van der Waals surface area contributed by atoms with Crippen LogP contribution in [0.15, 0.2) is 110 Å². The summed E-state index contributed by atoms with van der Waals surface area (Å²) in [6.45, 7) is 14.7. The van der Waals surface area contributed by atoms with Crippen LogP contribution in [0.4, 0.5) is 17.6 Å². The fraction of sp³-hybridized carbons (Fsp3) is 0.211. The van der Waals surface area contributed by atoms with E-state index >= 15 is 0 Å². The molecule has 5 heterocycles. The number of hydrogen-bond donors (Lipinski definition) is 1. The van der Waals surface area contributed by atoms with Crippen molar-refractivity contribution in [3.63, 3.8) is 0 Å². The maximum Gasteiger partial charge on any atom is 0.219 e. The van der Waals surface area contributed by atoms with Crippen molar-refractivity contribution in [2.45, 2.75) is 0 Å². The summed E-state index contributed by atoms with van der Waals surface area (Å²) in [5, 5.41) is 0.492. The molecule has 0 atom stereocenters. The van der Waals surface area contributed by atoms with E-state index in [0.717, 1.165) is 95.7 Å². The van der Waals surface area contributed by atoms with Crippen molar-refractivity contribution < 1.29 is 9.47 Å². The highest BCUT2D eigenvalue weighted by atomic mass is 35.5. The predicted octanol–water partition coefficient (Wildman–Crippen LogP) is 6.65. The smallest absolute Gasteiger partial charge is 0.219 e. The molecule has 2 fully saturated rings. The molecule has 0 bridgehead atoms. The molecule has 2 aromatic carbocycles. The summed E-state index contributed by atoms with van der Waals surface area (Å²) in [6, 6.07) is 28.3. The normalized spacial score (nSPS) is 14.5. The molecule has 0 aliphatic carbocycles. The van der Waals surface area contributed by atoms with Crippen molar-refractivity contribution >= 4 is 40.3 Å². The van der Waals surface area contributed by atoms with Crippen molar-refractivity contribution in [1.82, 2.24) is 19.9 Å². The Morgan fingerprint density at radius 3 is 1.58 bits per heavy atom. The average Bonchev–Trinajstić information content (AvgIpc) is 3.16. The monoisotopic (exact) mass is 659 g/mol. The van der Waals surface area contributed by atoms with Crippen LogP contribution >= 0.6 is 11.6 Å². The molecule has 0 unspecified atom stereocenters. The van der Waals surface area contributed by atoms with E-state index in [0.29, 0.717) is 18.4 Å². The number of aromatic nitrogens is 4. The molecule has 2 aliphatic rings. The van der Waals surface area contributed by atoms with Crippen LogP contribution in [0.2, 0.25) is 5.15 Å². The number of halogens is 1. The zero-order chi connectivity index (χ0) is 33.3. The molecule has 0 radical (unpaired) electrons. The van der Waals surface area contributed by atoms with Gasteiger partial charge < -0.3 is 25.0 Å². The molecule has 9 nitrogen and oxygen atoms in total. The van der Waals surface area contributed by atoms with Gasteiger partial charge in [0.2, 0.25) is 5.95 Å². The van der Waals surface area contributed by atoms with Crippen LogP contribution in [0.25, 0.3) is 22.4 Å². The Kier molecular flexibility index (Phi) is 10.7. The van der Waals surface area contributed by atoms with Gasteiger partial charge in [0.25, 0.3) is 0 Å². The standard InChI is InChI=1S/C21H21N5O.C17H17ClN2O/c1-15(16-5-3-2-4-6-16)17-11-19(18-13-23-21(22)24-14-18)25-20(12-17)26-7-9-27-10-8-26;1-13(14-5-3-2-4-6-14)15-11-16(18)19-17(12-15)20-7-9-21-10-8-20/h2-6,11-14H,1,7-10H2,(H2,22,23,24);2-6,11-12H,1,7-10H2. The molecular formula is C38H38ClN7O2. The van der Waals surface area contributed by atoms with E-state index < -0.39 is 0 Å². The topological polar surface area (TPSA) is 103 Å². The van der Waals surface area contributed by atoms with E-state index in [2.05, 4.69) is 56.1 Å². The van der Waals surface area contributed by atoms with Gasteiger partial charge in [-0.3, -0.25) is 0 Å². The maximum absolute atomic E-state index is 6.19. The molecule has 2 saturated heterocycles. The lowest BCUT2D eigenvalue weighted by Crippen LogP contribution is -2.36. The molecule has 0 spiro atoms. The predicted molar refractivity (Wildman–Crippen MR) is 194 cm³/mol. The first-order valence-electron chi connectivity index (χ1n) is 15.9. The van der Waals surface area contributed by atoms with Crippen LogP contribution < -0.4 is 15.5 Å². The van der Waals surface area contributed by atoms with Gasteiger partial charge >= 0.3 is 0 Å². The second kappa shape index (κ2) is 15.7. The van der Waals surface area contributed by atoms with E-state index in [4.69, 9.17) is 31.8 Å². The van der Waals surface area contributed by atoms with Gasteiger partial charge in [0, 0.05) is 44.1 Å². The summed E-state index contributed by atoms with van der Waals surface area (Å²) >= 11 is 6.19. The Labute approximate surface area is 286 Å². The van der Waals surface area contributed by atoms with E-state index in [-0.39, 0.29) is 5.95 Å². The second-order valence-corrected chi connectivity index (χ2v) is 11.7. The third kappa shape index (κ3) is 8.24. The SMILES string of the molecule is C=C(c1ccccc1)c1cc(-c2cnc(N)nc2)nc(N2CCOCC2)c1.C=C(c1ccccc1)c1cc(Cl)nc(N2CCOCC2)c1. The first-order chi connectivity index (χ1) is 23.4. The van der Waals surface area contributed by atoms with E-state index in [1.54, 1.807) is 12.4 Å². The quantitative estimate of drug-likeness (QED) is 0.192. The lowest BCUT2D eigenvalue weighted by molar-refractivity contribution is 0.122. The maximum atomic E-state index is 6.19. The number of anilines is 3. The van der Waals surface area contributed by atoms with Crippen LogP contribution in [0.5, 0.6) is 0 Å². The van der Waals surface area contributed by atoms with E-state index in [1.807, 2.05) is 66.7 Å². The number of nitrogen functional groups attached to an aromatic ring is 1. The zero-order valence-electron chi connectivity index (χ0n) is 26.8. The van der Waals surface area contributed by atoms with Gasteiger partial charge in [-0.2, -0.15) is 0 Å². The highest BCUT2D eigenvalue weighted by Gasteiger charge is 2.17. The van der Waals surface area contributed by atoms with Gasteiger partial charge in [0.15, 0.2) is 0 Å². The van der Waals surface area contributed by atoms with Gasteiger partial charge in [-0.25, -0.2) is 19.9 Å². The zero-order valence-corrected chi connectivity index (χ0v) is 27.5. The first kappa shape index (κ1) is 32.8. The highest BCUT2D eigenvalue weighted by molar-refractivity contribution is 6.29. The molecule has 5 aromatic rings. The molecular weight excluding hydrogens is 622 g/mol. The number of pyridine rings is 2. The Morgan fingerprint density at radius 1 is 0.625 bits per heavy atom. The number of rotatable bonds is 7. The van der Waals surface area contributed by atoms with Crippen LogP contribution in [0.1, 0.15) is 22.3 Å². The van der Waals surface area contributed by atoms with Crippen molar-refractivity contribution in [3.8, 4) is 11.3 Å². The van der Waals surface area contributed by atoms with Gasteiger partial charge in [0.1, 0.15) is 16.8 Å². The number of nitrogens with two attached hydrogens (primary N) is 1. The van der Waals surface area contributed by atoms with Crippen LogP contribution in [0.3, 0.4) is 0 Å². The van der Waals surface area contributed by atoms with Crippen molar-refractivity contribution in [1.29, 1.82) is 0 Å². The molecule has 3 aromatic heterocycles. The summed E-state index contributed by atoms with van der Waals surface area (Å²) in [5.41, 5.74) is 13.3. The number of nitrogens with zero attached hydrogens (tertiary/aromatic N) is 6. The first-order valence-corrected chi connectivity index (χ1v) is 16.2. The lowest BCUT2D eigenvalue weighted by atomic mass is 9.98. The highest BCUT2D eigenvalue weighted by Crippen LogP contribution is 2.30. The Bertz CT molecular complexity index is 1840. The molecule has 48 heavy (non-hydrogen) atoms. The summed E-state index contributed by atoms with van der Waals surface area (Å²) < 4.78 is 10.9. The minimum absolute atomic E-state index is 0.247. The molecule has 2 N–H and O–H groups in total. The third-order valence-corrected chi connectivity index (χ3v) is 8.37.